The minimum atomic E-state index is -3.47. The normalized spacial score (nSPS) is 10.8. The van der Waals surface area contributed by atoms with E-state index in [1.165, 1.54) is 6.08 Å². The Bertz CT molecular complexity index is 270. The predicted octanol–water partition coefficient (Wildman–Crippen LogP) is -0.216. The van der Waals surface area contributed by atoms with Crippen molar-refractivity contribution in [2.75, 3.05) is 12.4 Å². The molecule has 6 heteroatoms. The van der Waals surface area contributed by atoms with Crippen LogP contribution in [0.3, 0.4) is 0 Å². The second-order valence-electron chi connectivity index (χ2n) is 2.44. The molecule has 0 saturated carbocycles. The van der Waals surface area contributed by atoms with Crippen LogP contribution in [-0.4, -0.2) is 26.7 Å². The van der Waals surface area contributed by atoms with Gasteiger partial charge in [0.25, 0.3) is 0 Å². The van der Waals surface area contributed by atoms with Crippen LogP contribution < -0.4 is 5.14 Å². The van der Waals surface area contributed by atoms with Gasteiger partial charge in [-0.25, -0.2) is 13.6 Å². The van der Waals surface area contributed by atoms with Crippen molar-refractivity contribution in [1.29, 1.82) is 0 Å². The van der Waals surface area contributed by atoms with Gasteiger partial charge in [0.05, 0.1) is 5.75 Å². The van der Waals surface area contributed by atoms with Crippen molar-refractivity contribution >= 4 is 16.0 Å². The molecule has 0 aromatic carbocycles. The van der Waals surface area contributed by atoms with E-state index in [1.807, 2.05) is 0 Å². The van der Waals surface area contributed by atoms with Crippen molar-refractivity contribution in [2.24, 2.45) is 5.14 Å². The minimum Gasteiger partial charge on any atom is -0.461 e. The minimum absolute atomic E-state index is 0.0598. The monoisotopic (exact) mass is 207 g/mol. The number of carbonyl (C=O) groups excluding carboxylic acids is 1. The first kappa shape index (κ1) is 12.1. The lowest BCUT2D eigenvalue weighted by Gasteiger charge is -2.00. The molecule has 0 saturated heterocycles. The van der Waals surface area contributed by atoms with Crippen molar-refractivity contribution < 1.29 is 17.9 Å². The number of hydrogen-bond donors (Lipinski definition) is 1. The van der Waals surface area contributed by atoms with Crippen LogP contribution in [0.15, 0.2) is 12.7 Å². The highest BCUT2D eigenvalue weighted by Gasteiger charge is 2.06. The number of ether oxygens (including phenoxy) is 1. The standard InChI is InChI=1S/C7H13NO4S/c1-2-5-12-7(9)4-3-6-13(8,10)11/h2H,1,3-6H2,(H2,8,10,11). The van der Waals surface area contributed by atoms with Gasteiger partial charge in [0.1, 0.15) is 6.61 Å². The molecule has 0 aliphatic rings. The molecule has 0 aliphatic carbocycles. The summed E-state index contributed by atoms with van der Waals surface area (Å²) in [4.78, 5) is 10.8. The van der Waals surface area contributed by atoms with Crippen LogP contribution in [0.25, 0.3) is 0 Å². The Morgan fingerprint density at radius 1 is 1.54 bits per heavy atom. The molecule has 76 valence electrons. The molecule has 0 fully saturated rings. The third-order valence-corrected chi connectivity index (χ3v) is 2.03. The maximum atomic E-state index is 10.8. The number of rotatable bonds is 6. The molecule has 0 bridgehead atoms. The predicted molar refractivity (Wildman–Crippen MR) is 48.4 cm³/mol. The first-order valence-corrected chi connectivity index (χ1v) is 5.44. The van der Waals surface area contributed by atoms with Crippen molar-refractivity contribution in [3.05, 3.63) is 12.7 Å². The number of hydrogen-bond acceptors (Lipinski definition) is 4. The fourth-order valence-corrected chi connectivity index (χ4v) is 1.19. The summed E-state index contributed by atoms with van der Waals surface area (Å²) in [5.41, 5.74) is 0. The van der Waals surface area contributed by atoms with E-state index in [4.69, 9.17) is 5.14 Å². The van der Waals surface area contributed by atoms with E-state index >= 15 is 0 Å². The first-order valence-electron chi connectivity index (χ1n) is 3.72. The van der Waals surface area contributed by atoms with E-state index in [1.54, 1.807) is 0 Å². The number of carbonyl (C=O) groups is 1. The Labute approximate surface area is 77.6 Å². The van der Waals surface area contributed by atoms with Gasteiger partial charge in [0.2, 0.25) is 10.0 Å². The Morgan fingerprint density at radius 2 is 2.15 bits per heavy atom. The summed E-state index contributed by atoms with van der Waals surface area (Å²) in [6, 6.07) is 0. The van der Waals surface area contributed by atoms with Crippen molar-refractivity contribution in [1.82, 2.24) is 0 Å². The fraction of sp³-hybridized carbons (Fsp3) is 0.571. The third kappa shape index (κ3) is 9.03. The molecule has 0 atom stereocenters. The summed E-state index contributed by atoms with van der Waals surface area (Å²) in [5, 5.41) is 4.73. The molecule has 0 radical (unpaired) electrons. The number of sulfonamides is 1. The van der Waals surface area contributed by atoms with Crippen LogP contribution in [0.2, 0.25) is 0 Å². The average Bonchev–Trinajstić information content (AvgIpc) is 1.98. The van der Waals surface area contributed by atoms with Gasteiger partial charge in [-0.3, -0.25) is 4.79 Å². The quantitative estimate of drug-likeness (QED) is 0.482. The molecule has 13 heavy (non-hydrogen) atoms. The zero-order valence-corrected chi connectivity index (χ0v) is 8.05. The van der Waals surface area contributed by atoms with Crippen molar-refractivity contribution in [3.8, 4) is 0 Å². The third-order valence-electron chi connectivity index (χ3n) is 1.17. The van der Waals surface area contributed by atoms with E-state index in [9.17, 15) is 13.2 Å². The molecule has 0 aliphatic heterocycles. The van der Waals surface area contributed by atoms with Gasteiger partial charge in [-0.1, -0.05) is 12.7 Å². The summed E-state index contributed by atoms with van der Waals surface area (Å²) in [6.45, 7) is 3.51. The fourth-order valence-electron chi connectivity index (χ4n) is 0.642. The van der Waals surface area contributed by atoms with Crippen LogP contribution in [0.1, 0.15) is 12.8 Å². The van der Waals surface area contributed by atoms with Crippen LogP contribution >= 0.6 is 0 Å². The summed E-state index contributed by atoms with van der Waals surface area (Å²) in [5.74, 6) is -0.639. The number of primary sulfonamides is 1. The topological polar surface area (TPSA) is 86.5 Å². The molecular formula is C7H13NO4S. The second kappa shape index (κ2) is 5.71. The van der Waals surface area contributed by atoms with E-state index in [0.29, 0.717) is 0 Å². The Morgan fingerprint density at radius 3 is 2.62 bits per heavy atom. The largest absolute Gasteiger partial charge is 0.461 e. The highest BCUT2D eigenvalue weighted by molar-refractivity contribution is 7.89. The Balaban J connectivity index is 3.54. The lowest BCUT2D eigenvalue weighted by atomic mass is 10.3. The van der Waals surface area contributed by atoms with Gasteiger partial charge < -0.3 is 4.74 Å². The molecule has 0 spiro atoms. The van der Waals surface area contributed by atoms with Gasteiger partial charge in [0.15, 0.2) is 0 Å². The second-order valence-corrected chi connectivity index (χ2v) is 4.18. The molecule has 0 aromatic rings. The van der Waals surface area contributed by atoms with Gasteiger partial charge in [-0.15, -0.1) is 0 Å². The molecule has 2 N–H and O–H groups in total. The van der Waals surface area contributed by atoms with Crippen molar-refractivity contribution in [2.45, 2.75) is 12.8 Å². The van der Waals surface area contributed by atoms with E-state index in [0.717, 1.165) is 0 Å². The summed E-state index contributed by atoms with van der Waals surface area (Å²) in [7, 11) is -3.47. The number of esters is 1. The van der Waals surface area contributed by atoms with E-state index < -0.39 is 16.0 Å². The highest BCUT2D eigenvalue weighted by atomic mass is 32.2. The van der Waals surface area contributed by atoms with Gasteiger partial charge in [0, 0.05) is 6.42 Å². The maximum absolute atomic E-state index is 10.8. The summed E-state index contributed by atoms with van der Waals surface area (Å²) in [6.07, 6.45) is 1.69. The van der Waals surface area contributed by atoms with Gasteiger partial charge >= 0.3 is 5.97 Å². The van der Waals surface area contributed by atoms with Crippen LogP contribution in [0, 0.1) is 0 Å². The SMILES string of the molecule is C=CCOC(=O)CCCS(N)(=O)=O. The van der Waals surface area contributed by atoms with Crippen LogP contribution in [0.5, 0.6) is 0 Å². The Kier molecular flexibility index (Phi) is 5.33. The first-order chi connectivity index (χ1) is 5.95. The smallest absolute Gasteiger partial charge is 0.306 e. The molecular weight excluding hydrogens is 194 g/mol. The molecule has 0 heterocycles. The lowest BCUT2D eigenvalue weighted by Crippen LogP contribution is -2.17. The van der Waals surface area contributed by atoms with Crippen LogP contribution in [0.4, 0.5) is 0 Å². The maximum Gasteiger partial charge on any atom is 0.306 e. The average molecular weight is 207 g/mol. The highest BCUT2D eigenvalue weighted by Crippen LogP contribution is 1.95. The van der Waals surface area contributed by atoms with Crippen LogP contribution in [-0.2, 0) is 19.6 Å². The van der Waals surface area contributed by atoms with Gasteiger partial charge in [-0.05, 0) is 6.42 Å². The molecule has 0 amide bonds. The summed E-state index contributed by atoms with van der Waals surface area (Å²) >= 11 is 0. The molecule has 5 nitrogen and oxygen atoms in total. The van der Waals surface area contributed by atoms with E-state index in [-0.39, 0.29) is 25.2 Å². The molecule has 0 aromatic heterocycles. The summed E-state index contributed by atoms with van der Waals surface area (Å²) < 4.78 is 25.5. The zero-order valence-electron chi connectivity index (χ0n) is 7.23. The lowest BCUT2D eigenvalue weighted by molar-refractivity contribution is -0.142. The molecule has 0 rings (SSSR count). The van der Waals surface area contributed by atoms with Gasteiger partial charge in [-0.2, -0.15) is 0 Å². The Hall–Kier alpha value is -0.880. The zero-order chi connectivity index (χ0) is 10.3. The number of nitrogens with two attached hydrogens (primary N) is 1. The molecule has 0 unspecified atom stereocenters. The van der Waals surface area contributed by atoms with Crippen molar-refractivity contribution in [3.63, 3.8) is 0 Å². The van der Waals surface area contributed by atoms with E-state index in [2.05, 4.69) is 11.3 Å².